The van der Waals surface area contributed by atoms with Gasteiger partial charge in [0, 0.05) is 30.7 Å². The lowest BCUT2D eigenvalue weighted by Gasteiger charge is -2.14. The molecule has 104 valence electrons. The Kier molecular flexibility index (Phi) is 5.81. The summed E-state index contributed by atoms with van der Waals surface area (Å²) in [5.41, 5.74) is 1.35. The number of thiazole rings is 1. The van der Waals surface area contributed by atoms with Crippen molar-refractivity contribution in [2.75, 3.05) is 18.9 Å². The van der Waals surface area contributed by atoms with Crippen LogP contribution in [-0.2, 0) is 13.1 Å². The maximum atomic E-state index is 4.39. The van der Waals surface area contributed by atoms with E-state index in [4.69, 9.17) is 0 Å². The van der Waals surface area contributed by atoms with E-state index < -0.39 is 0 Å². The molecule has 2 rings (SSSR count). The van der Waals surface area contributed by atoms with Crippen LogP contribution in [0.1, 0.15) is 23.8 Å². The SMILES string of the molecule is CCCNc1ncc(CN(C)Cc2csc(Br)c2)s1. The standard InChI is InChI=1S/C13H18BrN3S2/c1-3-4-15-13-16-6-11(19-13)8-17(2)7-10-5-12(14)18-9-10/h5-6,9H,3-4,7-8H2,1-2H3,(H,15,16). The summed E-state index contributed by atoms with van der Waals surface area (Å²) in [6.45, 7) is 5.07. The van der Waals surface area contributed by atoms with Crippen LogP contribution < -0.4 is 5.32 Å². The van der Waals surface area contributed by atoms with Gasteiger partial charge in [-0.25, -0.2) is 4.98 Å². The summed E-state index contributed by atoms with van der Waals surface area (Å²) in [6, 6.07) is 2.18. The van der Waals surface area contributed by atoms with Crippen molar-refractivity contribution in [2.24, 2.45) is 0 Å². The predicted octanol–water partition coefficient (Wildman–Crippen LogP) is 4.42. The molecule has 0 bridgehead atoms. The fourth-order valence-electron chi connectivity index (χ4n) is 1.76. The molecule has 2 heterocycles. The second-order valence-corrected chi connectivity index (χ2v) is 7.90. The number of halogens is 1. The minimum absolute atomic E-state index is 0.943. The predicted molar refractivity (Wildman–Crippen MR) is 88.1 cm³/mol. The number of nitrogens with zero attached hydrogens (tertiary/aromatic N) is 2. The molecule has 0 spiro atoms. The van der Waals surface area contributed by atoms with Gasteiger partial charge in [0.2, 0.25) is 0 Å². The summed E-state index contributed by atoms with van der Waals surface area (Å²) in [4.78, 5) is 8.01. The number of thiophene rings is 1. The zero-order valence-electron chi connectivity index (χ0n) is 11.1. The first-order chi connectivity index (χ1) is 9.17. The lowest BCUT2D eigenvalue weighted by molar-refractivity contribution is 0.322. The van der Waals surface area contributed by atoms with Gasteiger partial charge < -0.3 is 5.32 Å². The Bertz CT molecular complexity index is 509. The summed E-state index contributed by atoms with van der Waals surface area (Å²) in [5.74, 6) is 0. The highest BCUT2D eigenvalue weighted by atomic mass is 79.9. The van der Waals surface area contributed by atoms with Crippen LogP contribution in [0.5, 0.6) is 0 Å². The van der Waals surface area contributed by atoms with E-state index >= 15 is 0 Å². The van der Waals surface area contributed by atoms with Crippen molar-refractivity contribution in [1.29, 1.82) is 0 Å². The monoisotopic (exact) mass is 359 g/mol. The molecule has 0 aliphatic heterocycles. The van der Waals surface area contributed by atoms with E-state index in [-0.39, 0.29) is 0 Å². The number of anilines is 1. The minimum Gasteiger partial charge on any atom is -0.362 e. The van der Waals surface area contributed by atoms with Crippen molar-refractivity contribution in [3.8, 4) is 0 Å². The topological polar surface area (TPSA) is 28.2 Å². The van der Waals surface area contributed by atoms with E-state index in [9.17, 15) is 0 Å². The zero-order valence-corrected chi connectivity index (χ0v) is 14.4. The van der Waals surface area contributed by atoms with Crippen molar-refractivity contribution >= 4 is 43.7 Å². The molecule has 0 fully saturated rings. The Morgan fingerprint density at radius 1 is 1.42 bits per heavy atom. The molecule has 2 aromatic heterocycles. The molecule has 0 saturated carbocycles. The van der Waals surface area contributed by atoms with Crippen molar-refractivity contribution in [3.63, 3.8) is 0 Å². The van der Waals surface area contributed by atoms with Gasteiger partial charge in [-0.15, -0.1) is 22.7 Å². The Morgan fingerprint density at radius 3 is 2.95 bits per heavy atom. The Morgan fingerprint density at radius 2 is 2.26 bits per heavy atom. The summed E-state index contributed by atoms with van der Waals surface area (Å²) in [5, 5.41) is 6.55. The average Bonchev–Trinajstić information content (AvgIpc) is 2.96. The van der Waals surface area contributed by atoms with E-state index in [1.807, 2.05) is 6.20 Å². The first-order valence-electron chi connectivity index (χ1n) is 6.27. The van der Waals surface area contributed by atoms with E-state index in [0.717, 1.165) is 31.2 Å². The Labute approximate surface area is 130 Å². The van der Waals surface area contributed by atoms with Crippen LogP contribution in [-0.4, -0.2) is 23.5 Å². The first-order valence-corrected chi connectivity index (χ1v) is 8.76. The largest absolute Gasteiger partial charge is 0.362 e. The maximum Gasteiger partial charge on any atom is 0.182 e. The number of nitrogens with one attached hydrogen (secondary N) is 1. The molecule has 3 nitrogen and oxygen atoms in total. The van der Waals surface area contributed by atoms with Crippen LogP contribution in [0.25, 0.3) is 0 Å². The molecule has 0 atom stereocenters. The van der Waals surface area contributed by atoms with Gasteiger partial charge in [-0.3, -0.25) is 4.90 Å². The number of aromatic nitrogens is 1. The highest BCUT2D eigenvalue weighted by Crippen LogP contribution is 2.23. The fourth-order valence-corrected chi connectivity index (χ4v) is 3.88. The molecule has 19 heavy (non-hydrogen) atoms. The number of hydrogen-bond donors (Lipinski definition) is 1. The van der Waals surface area contributed by atoms with E-state index in [0.29, 0.717) is 0 Å². The van der Waals surface area contributed by atoms with Gasteiger partial charge in [0.05, 0.1) is 3.79 Å². The first kappa shape index (κ1) is 15.0. The third kappa shape index (κ3) is 4.87. The molecule has 0 saturated heterocycles. The third-order valence-corrected chi connectivity index (χ3v) is 5.07. The lowest BCUT2D eigenvalue weighted by atomic mass is 10.3. The highest BCUT2D eigenvalue weighted by Gasteiger charge is 2.07. The summed E-state index contributed by atoms with van der Waals surface area (Å²) in [6.07, 6.45) is 3.10. The fraction of sp³-hybridized carbons (Fsp3) is 0.462. The van der Waals surface area contributed by atoms with E-state index in [2.05, 4.69) is 56.5 Å². The van der Waals surface area contributed by atoms with Crippen LogP contribution >= 0.6 is 38.6 Å². The normalized spacial score (nSPS) is 11.2. The third-order valence-electron chi connectivity index (χ3n) is 2.58. The second-order valence-electron chi connectivity index (χ2n) is 4.49. The van der Waals surface area contributed by atoms with Gasteiger partial charge in [-0.2, -0.15) is 0 Å². The van der Waals surface area contributed by atoms with Crippen LogP contribution in [0, 0.1) is 0 Å². The molecule has 2 aromatic rings. The van der Waals surface area contributed by atoms with Crippen LogP contribution in [0.2, 0.25) is 0 Å². The van der Waals surface area contributed by atoms with Crippen LogP contribution in [0.15, 0.2) is 21.4 Å². The number of hydrogen-bond acceptors (Lipinski definition) is 5. The minimum atomic E-state index is 0.943. The molecule has 0 amide bonds. The van der Waals surface area contributed by atoms with Gasteiger partial charge in [-0.05, 0) is 46.4 Å². The molecular formula is C13H18BrN3S2. The molecule has 0 aliphatic rings. The number of rotatable bonds is 7. The van der Waals surface area contributed by atoms with Gasteiger partial charge in [0.1, 0.15) is 0 Å². The quantitative estimate of drug-likeness (QED) is 0.792. The summed E-state index contributed by atoms with van der Waals surface area (Å²) in [7, 11) is 2.14. The molecular weight excluding hydrogens is 342 g/mol. The van der Waals surface area contributed by atoms with E-state index in [1.165, 1.54) is 14.2 Å². The Balaban J connectivity index is 1.84. The van der Waals surface area contributed by atoms with Crippen LogP contribution in [0.3, 0.4) is 0 Å². The average molecular weight is 360 g/mol. The van der Waals surface area contributed by atoms with Gasteiger partial charge in [-0.1, -0.05) is 6.92 Å². The van der Waals surface area contributed by atoms with Crippen LogP contribution in [0.4, 0.5) is 5.13 Å². The van der Waals surface area contributed by atoms with Gasteiger partial charge >= 0.3 is 0 Å². The molecule has 0 aliphatic carbocycles. The van der Waals surface area contributed by atoms with Crippen molar-refractivity contribution in [1.82, 2.24) is 9.88 Å². The smallest absolute Gasteiger partial charge is 0.182 e. The van der Waals surface area contributed by atoms with Crippen molar-refractivity contribution < 1.29 is 0 Å². The maximum absolute atomic E-state index is 4.39. The van der Waals surface area contributed by atoms with E-state index in [1.54, 1.807) is 22.7 Å². The zero-order chi connectivity index (χ0) is 13.7. The van der Waals surface area contributed by atoms with Gasteiger partial charge in [0.15, 0.2) is 5.13 Å². The molecule has 0 radical (unpaired) electrons. The molecule has 0 aromatic carbocycles. The van der Waals surface area contributed by atoms with Crippen molar-refractivity contribution in [2.45, 2.75) is 26.4 Å². The molecule has 6 heteroatoms. The molecule has 0 unspecified atom stereocenters. The van der Waals surface area contributed by atoms with Gasteiger partial charge in [0.25, 0.3) is 0 Å². The van der Waals surface area contributed by atoms with Crippen molar-refractivity contribution in [3.05, 3.63) is 31.9 Å². The molecule has 1 N–H and O–H groups in total. The highest BCUT2D eigenvalue weighted by molar-refractivity contribution is 9.11. The summed E-state index contributed by atoms with van der Waals surface area (Å²) < 4.78 is 1.19. The lowest BCUT2D eigenvalue weighted by Crippen LogP contribution is -2.16. The second kappa shape index (κ2) is 7.38. The Hall–Kier alpha value is -0.430. The summed E-state index contributed by atoms with van der Waals surface area (Å²) >= 11 is 6.98.